The number of aryl methyl sites for hydroxylation is 1. The molecule has 0 aliphatic rings. The molecule has 2 N–H and O–H groups in total. The average molecular weight is 343 g/mol. The third-order valence-electron chi connectivity index (χ3n) is 3.74. The Labute approximate surface area is 141 Å². The number of halogens is 2. The number of H-pyrrole nitrogens is 1. The van der Waals surface area contributed by atoms with Crippen LogP contribution in [0.15, 0.2) is 47.3 Å². The number of benzene rings is 2. The molecule has 3 aromatic rings. The number of carbonyl (C=O) groups excluding carboxylic acids is 1. The fraction of sp³-hybridized carbons (Fsp3) is 0.167. The summed E-state index contributed by atoms with van der Waals surface area (Å²) in [5, 5.41) is 2.51. The Kier molecular flexibility index (Phi) is 4.83. The summed E-state index contributed by atoms with van der Waals surface area (Å²) < 4.78 is 26.6. The van der Waals surface area contributed by atoms with Crippen LogP contribution in [-0.2, 0) is 17.8 Å². The van der Waals surface area contributed by atoms with E-state index in [1.165, 1.54) is 0 Å². The number of nitrogens with one attached hydrogen (secondary N) is 2. The molecule has 2 aromatic carbocycles. The van der Waals surface area contributed by atoms with Crippen molar-refractivity contribution in [1.29, 1.82) is 0 Å². The molecule has 0 aliphatic heterocycles. The lowest BCUT2D eigenvalue weighted by Gasteiger charge is -2.07. The first kappa shape index (κ1) is 16.8. The minimum Gasteiger partial charge on any atom is -0.352 e. The molecule has 128 valence electrons. The number of rotatable bonds is 5. The Morgan fingerprint density at radius 3 is 2.80 bits per heavy atom. The van der Waals surface area contributed by atoms with E-state index in [9.17, 15) is 18.4 Å². The topological polar surface area (TPSA) is 74.8 Å². The first-order valence-corrected chi connectivity index (χ1v) is 7.71. The molecular formula is C18H15F2N3O2. The largest absolute Gasteiger partial charge is 0.352 e. The van der Waals surface area contributed by atoms with Gasteiger partial charge < -0.3 is 10.3 Å². The summed E-state index contributed by atoms with van der Waals surface area (Å²) in [6.45, 7) is -0.121. The van der Waals surface area contributed by atoms with Crippen molar-refractivity contribution >= 4 is 16.9 Å². The molecule has 0 radical (unpaired) electrons. The van der Waals surface area contributed by atoms with Gasteiger partial charge in [0.05, 0.1) is 11.0 Å². The van der Waals surface area contributed by atoms with Crippen LogP contribution in [0.5, 0.6) is 0 Å². The summed E-state index contributed by atoms with van der Waals surface area (Å²) in [6, 6.07) is 10.2. The van der Waals surface area contributed by atoms with Crippen LogP contribution < -0.4 is 10.9 Å². The molecular weight excluding hydrogens is 328 g/mol. The van der Waals surface area contributed by atoms with Crippen LogP contribution in [0.25, 0.3) is 11.0 Å². The monoisotopic (exact) mass is 343 g/mol. The predicted molar refractivity (Wildman–Crippen MR) is 88.9 cm³/mol. The standard InChI is InChI=1S/C18H15F2N3O2/c19-12-5-6-13(20)11(9-12)10-21-17(24)8-7-16-18(25)23-15-4-2-1-3-14(15)22-16/h1-6,9H,7-8,10H2,(H,21,24)(H,23,25). The lowest BCUT2D eigenvalue weighted by Crippen LogP contribution is -2.25. The van der Waals surface area contributed by atoms with E-state index in [0.29, 0.717) is 11.0 Å². The molecule has 0 aliphatic carbocycles. The number of para-hydroxylation sites is 2. The van der Waals surface area contributed by atoms with Gasteiger partial charge in [0, 0.05) is 24.9 Å². The lowest BCUT2D eigenvalue weighted by atomic mass is 10.2. The summed E-state index contributed by atoms with van der Waals surface area (Å²) in [4.78, 5) is 30.8. The average Bonchev–Trinajstić information content (AvgIpc) is 2.60. The number of amides is 1. The Morgan fingerprint density at radius 2 is 1.96 bits per heavy atom. The molecule has 0 bridgehead atoms. The lowest BCUT2D eigenvalue weighted by molar-refractivity contribution is -0.121. The molecule has 0 unspecified atom stereocenters. The van der Waals surface area contributed by atoms with E-state index in [1.807, 2.05) is 0 Å². The quantitative estimate of drug-likeness (QED) is 0.747. The number of aromatic nitrogens is 2. The molecule has 1 aromatic heterocycles. The van der Waals surface area contributed by atoms with Crippen LogP contribution >= 0.6 is 0 Å². The maximum atomic E-state index is 13.5. The molecule has 0 atom stereocenters. The summed E-state index contributed by atoms with van der Waals surface area (Å²) >= 11 is 0. The minimum absolute atomic E-state index is 0.0192. The highest BCUT2D eigenvalue weighted by molar-refractivity contribution is 5.76. The van der Waals surface area contributed by atoms with Crippen molar-refractivity contribution in [3.8, 4) is 0 Å². The van der Waals surface area contributed by atoms with Crippen LogP contribution in [0.1, 0.15) is 17.7 Å². The van der Waals surface area contributed by atoms with Crippen molar-refractivity contribution < 1.29 is 13.6 Å². The zero-order valence-corrected chi connectivity index (χ0v) is 13.2. The van der Waals surface area contributed by atoms with Crippen LogP contribution in [0.4, 0.5) is 8.78 Å². The predicted octanol–water partition coefficient (Wildman–Crippen LogP) is 2.45. The van der Waals surface area contributed by atoms with Gasteiger partial charge in [-0.25, -0.2) is 13.8 Å². The SMILES string of the molecule is O=C(CCc1nc2ccccc2[nH]c1=O)NCc1cc(F)ccc1F. The van der Waals surface area contributed by atoms with E-state index >= 15 is 0 Å². The molecule has 0 saturated carbocycles. The number of hydrogen-bond donors (Lipinski definition) is 2. The normalized spacial score (nSPS) is 10.8. The van der Waals surface area contributed by atoms with Gasteiger partial charge in [0.25, 0.3) is 5.56 Å². The minimum atomic E-state index is -0.589. The van der Waals surface area contributed by atoms with Crippen LogP contribution in [0, 0.1) is 11.6 Å². The van der Waals surface area contributed by atoms with E-state index in [4.69, 9.17) is 0 Å². The number of aromatic amines is 1. The highest BCUT2D eigenvalue weighted by atomic mass is 19.1. The van der Waals surface area contributed by atoms with Gasteiger partial charge in [-0.1, -0.05) is 12.1 Å². The second kappa shape index (κ2) is 7.21. The number of carbonyl (C=O) groups is 1. The second-order valence-electron chi connectivity index (χ2n) is 5.54. The summed E-state index contributed by atoms with van der Waals surface area (Å²) in [7, 11) is 0. The number of hydrogen-bond acceptors (Lipinski definition) is 3. The molecule has 0 fully saturated rings. The summed E-state index contributed by atoms with van der Waals surface area (Å²) in [6.07, 6.45) is 0.170. The zero-order chi connectivity index (χ0) is 17.8. The second-order valence-corrected chi connectivity index (χ2v) is 5.54. The highest BCUT2D eigenvalue weighted by Crippen LogP contribution is 2.10. The maximum Gasteiger partial charge on any atom is 0.270 e. The van der Waals surface area contributed by atoms with E-state index < -0.39 is 11.6 Å². The van der Waals surface area contributed by atoms with Gasteiger partial charge in [0.15, 0.2) is 0 Å². The molecule has 1 amide bonds. The van der Waals surface area contributed by atoms with Crippen LogP contribution in [0.2, 0.25) is 0 Å². The first-order valence-electron chi connectivity index (χ1n) is 7.71. The fourth-order valence-corrected chi connectivity index (χ4v) is 2.43. The first-order chi connectivity index (χ1) is 12.0. The van der Waals surface area contributed by atoms with Gasteiger partial charge in [0.2, 0.25) is 5.91 Å². The third-order valence-corrected chi connectivity index (χ3v) is 3.74. The van der Waals surface area contributed by atoms with Gasteiger partial charge in [-0.3, -0.25) is 9.59 Å². The summed E-state index contributed by atoms with van der Waals surface area (Å²) in [5.41, 5.74) is 1.24. The Hall–Kier alpha value is -3.09. The van der Waals surface area contributed by atoms with Crippen molar-refractivity contribution in [2.45, 2.75) is 19.4 Å². The molecule has 0 spiro atoms. The van der Waals surface area contributed by atoms with Crippen LogP contribution in [0.3, 0.4) is 0 Å². The number of fused-ring (bicyclic) bond motifs is 1. The molecule has 5 nitrogen and oxygen atoms in total. The smallest absolute Gasteiger partial charge is 0.270 e. The van der Waals surface area contributed by atoms with E-state index in [0.717, 1.165) is 18.2 Å². The Bertz CT molecular complexity index is 985. The van der Waals surface area contributed by atoms with Gasteiger partial charge in [0.1, 0.15) is 17.3 Å². The number of nitrogens with zero attached hydrogens (tertiary/aromatic N) is 1. The van der Waals surface area contributed by atoms with E-state index in [2.05, 4.69) is 15.3 Å². The van der Waals surface area contributed by atoms with Gasteiger partial charge in [-0.05, 0) is 30.3 Å². The van der Waals surface area contributed by atoms with Gasteiger partial charge in [-0.2, -0.15) is 0 Å². The van der Waals surface area contributed by atoms with Crippen LogP contribution in [-0.4, -0.2) is 15.9 Å². The van der Waals surface area contributed by atoms with Crippen molar-refractivity contribution in [2.75, 3.05) is 0 Å². The highest BCUT2D eigenvalue weighted by Gasteiger charge is 2.10. The van der Waals surface area contributed by atoms with E-state index in [1.54, 1.807) is 24.3 Å². The van der Waals surface area contributed by atoms with Gasteiger partial charge in [-0.15, -0.1) is 0 Å². The maximum absolute atomic E-state index is 13.5. The Morgan fingerprint density at radius 1 is 1.16 bits per heavy atom. The zero-order valence-electron chi connectivity index (χ0n) is 13.2. The molecule has 1 heterocycles. The Balaban J connectivity index is 1.61. The van der Waals surface area contributed by atoms with Crippen molar-refractivity contribution in [3.63, 3.8) is 0 Å². The molecule has 3 rings (SSSR count). The van der Waals surface area contributed by atoms with Gasteiger partial charge >= 0.3 is 0 Å². The van der Waals surface area contributed by atoms with Crippen molar-refractivity contribution in [1.82, 2.24) is 15.3 Å². The molecule has 7 heteroatoms. The van der Waals surface area contributed by atoms with Crippen molar-refractivity contribution in [3.05, 3.63) is 75.7 Å². The van der Waals surface area contributed by atoms with E-state index in [-0.39, 0.29) is 42.1 Å². The molecule has 25 heavy (non-hydrogen) atoms. The fourth-order valence-electron chi connectivity index (χ4n) is 2.43. The summed E-state index contributed by atoms with van der Waals surface area (Å²) in [5.74, 6) is -1.54. The van der Waals surface area contributed by atoms with Crippen molar-refractivity contribution in [2.24, 2.45) is 0 Å². The molecule has 0 saturated heterocycles. The third kappa shape index (κ3) is 4.06.